The van der Waals surface area contributed by atoms with Gasteiger partial charge in [-0.1, -0.05) is 24.3 Å². The molecule has 0 aliphatic rings. The van der Waals surface area contributed by atoms with Gasteiger partial charge in [-0.15, -0.1) is 30.6 Å². The Morgan fingerprint density at radius 2 is 1.21 bits per heavy atom. The molecule has 18 nitrogen and oxygen atoms in total. The van der Waals surface area contributed by atoms with E-state index in [9.17, 15) is 0 Å². The minimum atomic E-state index is 0.711. The zero-order valence-electron chi connectivity index (χ0n) is 20.9. The molecule has 34 heavy (non-hydrogen) atoms. The Hall–Kier alpha value is -4.51. The molecule has 186 valence electrons. The highest BCUT2D eigenvalue weighted by atomic mass is 15.6. The van der Waals surface area contributed by atoms with Crippen LogP contribution in [0.3, 0.4) is 0 Å². The van der Waals surface area contributed by atoms with Crippen LogP contribution in [-0.4, -0.2) is 90.6 Å². The Morgan fingerprint density at radius 1 is 0.618 bits per heavy atom. The van der Waals surface area contributed by atoms with Crippen LogP contribution in [-0.2, 0) is 35.2 Å². The van der Waals surface area contributed by atoms with Crippen LogP contribution in [0.4, 0.5) is 0 Å². The van der Waals surface area contributed by atoms with Gasteiger partial charge in [-0.25, -0.2) is 9.36 Å². The highest BCUT2D eigenvalue weighted by Gasteiger charge is 1.87. The quantitative estimate of drug-likeness (QED) is 0.262. The summed E-state index contributed by atoms with van der Waals surface area (Å²) < 4.78 is 6.42. The van der Waals surface area contributed by atoms with E-state index in [1.54, 1.807) is 66.9 Å². The SMILES string of the molecule is CC.Cc1nnn(C)n1.Cc1nnnn1C.Cn1ccnn1.Cn1ccnn1.Cn1cnnn1. The van der Waals surface area contributed by atoms with E-state index in [0.717, 1.165) is 5.82 Å². The van der Waals surface area contributed by atoms with Crippen LogP contribution in [0, 0.1) is 13.8 Å². The van der Waals surface area contributed by atoms with Crippen LogP contribution in [0.25, 0.3) is 0 Å². The van der Waals surface area contributed by atoms with Gasteiger partial charge in [0.25, 0.3) is 0 Å². The largest absolute Gasteiger partial charge is 0.256 e. The summed E-state index contributed by atoms with van der Waals surface area (Å²) in [5, 5.41) is 46.0. The fourth-order valence-electron chi connectivity index (χ4n) is 1.39. The number of tetrazole rings is 3. The first-order valence-electron chi connectivity index (χ1n) is 9.95. The van der Waals surface area contributed by atoms with E-state index in [-0.39, 0.29) is 0 Å². The Kier molecular flexibility index (Phi) is 15.7. The molecule has 5 aromatic heterocycles. The van der Waals surface area contributed by atoms with Crippen molar-refractivity contribution in [3.63, 3.8) is 0 Å². The Balaban J connectivity index is 0.000000394. The second-order valence-electron chi connectivity index (χ2n) is 5.81. The summed E-state index contributed by atoms with van der Waals surface area (Å²) in [4.78, 5) is 1.43. The monoisotopic (exact) mass is 476 g/mol. The van der Waals surface area contributed by atoms with Crippen LogP contribution < -0.4 is 0 Å². The van der Waals surface area contributed by atoms with E-state index in [2.05, 4.69) is 67.1 Å². The molecule has 0 aliphatic carbocycles. The standard InChI is InChI=1S/2C3H6N4.2C3H5N3.C2H4N4.C2H6/c1-3-4-5-6-7(3)2;1-3-4-6-7(2)5-3;2*1-6-3-2-4-5-6;1-6-2-3-4-5-6;1-2/h2*1-2H3;2*2-3H,1H3;2H,1H3;1-2H3. The summed E-state index contributed by atoms with van der Waals surface area (Å²) in [7, 11) is 8.95. The molecule has 5 heterocycles. The summed E-state index contributed by atoms with van der Waals surface area (Å²) in [5.74, 6) is 1.54. The molecule has 0 aromatic carbocycles. The fourth-order valence-corrected chi connectivity index (χ4v) is 1.39. The second kappa shape index (κ2) is 18.1. The Bertz CT molecular complexity index is 934. The highest BCUT2D eigenvalue weighted by Crippen LogP contribution is 1.78. The number of rotatable bonds is 0. The van der Waals surface area contributed by atoms with Crippen molar-refractivity contribution < 1.29 is 0 Å². The smallest absolute Gasteiger partial charge is 0.171 e. The molecular formula is C16H32N18. The van der Waals surface area contributed by atoms with Gasteiger partial charge in [0, 0.05) is 40.6 Å². The van der Waals surface area contributed by atoms with Crippen molar-refractivity contribution in [3.8, 4) is 0 Å². The van der Waals surface area contributed by atoms with Gasteiger partial charge in [-0.2, -0.15) is 4.80 Å². The van der Waals surface area contributed by atoms with Crippen molar-refractivity contribution in [1.82, 2.24) is 90.6 Å². The maximum absolute atomic E-state index is 3.81. The van der Waals surface area contributed by atoms with E-state index < -0.39 is 0 Å². The molecule has 0 saturated heterocycles. The molecule has 0 atom stereocenters. The van der Waals surface area contributed by atoms with Gasteiger partial charge in [0.1, 0.15) is 12.2 Å². The van der Waals surface area contributed by atoms with Crippen LogP contribution in [0.2, 0.25) is 0 Å². The van der Waals surface area contributed by atoms with Gasteiger partial charge in [0.2, 0.25) is 0 Å². The third kappa shape index (κ3) is 15.3. The van der Waals surface area contributed by atoms with E-state index in [1.807, 2.05) is 34.9 Å². The zero-order chi connectivity index (χ0) is 25.8. The highest BCUT2D eigenvalue weighted by molar-refractivity contribution is 4.69. The third-order valence-corrected chi connectivity index (χ3v) is 2.98. The van der Waals surface area contributed by atoms with Crippen molar-refractivity contribution in [2.24, 2.45) is 35.2 Å². The molecular weight excluding hydrogens is 444 g/mol. The van der Waals surface area contributed by atoms with Crippen LogP contribution in [0.5, 0.6) is 0 Å². The molecule has 0 unspecified atom stereocenters. The summed E-state index contributed by atoms with van der Waals surface area (Å²) in [5.41, 5.74) is 0. The van der Waals surface area contributed by atoms with Crippen LogP contribution in [0.1, 0.15) is 25.5 Å². The first kappa shape index (κ1) is 29.5. The Morgan fingerprint density at radius 3 is 1.32 bits per heavy atom. The lowest BCUT2D eigenvalue weighted by molar-refractivity contribution is 0.629. The molecule has 0 fully saturated rings. The molecule has 5 aromatic rings. The van der Waals surface area contributed by atoms with Crippen molar-refractivity contribution in [2.75, 3.05) is 0 Å². The number of hydrogen-bond donors (Lipinski definition) is 0. The lowest BCUT2D eigenvalue weighted by Crippen LogP contribution is -1.92. The van der Waals surface area contributed by atoms with Gasteiger partial charge < -0.3 is 0 Å². The van der Waals surface area contributed by atoms with Gasteiger partial charge in [-0.05, 0) is 39.9 Å². The molecule has 0 radical (unpaired) electrons. The van der Waals surface area contributed by atoms with Crippen molar-refractivity contribution in [2.45, 2.75) is 27.7 Å². The van der Waals surface area contributed by atoms with Gasteiger partial charge >= 0.3 is 0 Å². The molecule has 0 N–H and O–H groups in total. The molecule has 0 amide bonds. The lowest BCUT2D eigenvalue weighted by atomic mass is 10.7. The van der Waals surface area contributed by atoms with E-state index in [1.165, 1.54) is 15.8 Å². The summed E-state index contributed by atoms with van der Waals surface area (Å²) in [6, 6.07) is 0. The topological polar surface area (TPSA) is 192 Å². The van der Waals surface area contributed by atoms with Crippen LogP contribution >= 0.6 is 0 Å². The van der Waals surface area contributed by atoms with Gasteiger partial charge in [0.15, 0.2) is 5.82 Å². The fraction of sp³-hybridized carbons (Fsp3) is 0.562. The van der Waals surface area contributed by atoms with Crippen LogP contribution in [0.15, 0.2) is 31.1 Å². The summed E-state index contributed by atoms with van der Waals surface area (Å²) >= 11 is 0. The first-order chi connectivity index (χ1) is 16.3. The molecule has 0 aliphatic heterocycles. The summed E-state index contributed by atoms with van der Waals surface area (Å²) in [6.45, 7) is 7.65. The maximum Gasteiger partial charge on any atom is 0.171 e. The molecule has 18 heteroatoms. The van der Waals surface area contributed by atoms with Crippen molar-refractivity contribution in [3.05, 3.63) is 42.8 Å². The maximum atomic E-state index is 3.81. The third-order valence-electron chi connectivity index (χ3n) is 2.98. The average molecular weight is 477 g/mol. The average Bonchev–Trinajstić information content (AvgIpc) is 3.65. The van der Waals surface area contributed by atoms with Crippen molar-refractivity contribution >= 4 is 0 Å². The van der Waals surface area contributed by atoms with Gasteiger partial charge in [0.05, 0.1) is 19.4 Å². The predicted molar refractivity (Wildman–Crippen MR) is 119 cm³/mol. The van der Waals surface area contributed by atoms with Crippen molar-refractivity contribution in [1.29, 1.82) is 0 Å². The van der Waals surface area contributed by atoms with E-state index >= 15 is 0 Å². The van der Waals surface area contributed by atoms with E-state index in [4.69, 9.17) is 0 Å². The summed E-state index contributed by atoms with van der Waals surface area (Å²) in [6.07, 6.45) is 8.36. The predicted octanol–water partition coefficient (Wildman–Crippen LogP) is -1.10. The lowest BCUT2D eigenvalue weighted by Gasteiger charge is -1.81. The minimum Gasteiger partial charge on any atom is -0.256 e. The number of aromatic nitrogens is 18. The molecule has 0 saturated carbocycles. The second-order valence-corrected chi connectivity index (χ2v) is 5.81. The number of nitrogens with zero attached hydrogens (tertiary/aromatic N) is 18. The van der Waals surface area contributed by atoms with E-state index in [0.29, 0.717) is 5.82 Å². The van der Waals surface area contributed by atoms with Gasteiger partial charge in [-0.3, -0.25) is 9.36 Å². The first-order valence-corrected chi connectivity index (χ1v) is 9.95. The molecule has 0 bridgehead atoms. The normalized spacial score (nSPS) is 8.74. The Labute approximate surface area is 197 Å². The molecule has 5 rings (SSSR count). The molecule has 0 spiro atoms. The zero-order valence-corrected chi connectivity index (χ0v) is 20.9. The number of aryl methyl sites for hydroxylation is 7. The minimum absolute atomic E-state index is 0.711. The number of hydrogen-bond acceptors (Lipinski definition) is 13.